The smallest absolute Gasteiger partial charge is 0.247 e. The van der Waals surface area contributed by atoms with Crippen LogP contribution in [0, 0.1) is 13.8 Å². The third kappa shape index (κ3) is 2.49. The number of nitrogens with one attached hydrogen (secondary N) is 1. The number of pyridine rings is 1. The predicted octanol–water partition coefficient (Wildman–Crippen LogP) is 1.42. The molecule has 0 radical (unpaired) electrons. The SMILES string of the molecule is Cc1ccnc(NC(=O)Cn2ncc3c2c(C)nn3C)c1. The predicted molar refractivity (Wildman–Crippen MR) is 78.8 cm³/mol. The lowest BCUT2D eigenvalue weighted by molar-refractivity contribution is -0.116. The van der Waals surface area contributed by atoms with Crippen molar-refractivity contribution in [1.82, 2.24) is 24.5 Å². The van der Waals surface area contributed by atoms with E-state index in [1.54, 1.807) is 21.8 Å². The lowest BCUT2D eigenvalue weighted by Crippen LogP contribution is -2.20. The van der Waals surface area contributed by atoms with E-state index in [0.717, 1.165) is 22.3 Å². The quantitative estimate of drug-likeness (QED) is 0.789. The molecule has 3 rings (SSSR count). The van der Waals surface area contributed by atoms with Gasteiger partial charge in [-0.25, -0.2) is 4.98 Å². The maximum atomic E-state index is 12.1. The minimum absolute atomic E-state index is 0.131. The Balaban J connectivity index is 1.80. The van der Waals surface area contributed by atoms with Gasteiger partial charge >= 0.3 is 0 Å². The molecule has 0 aromatic carbocycles. The van der Waals surface area contributed by atoms with Crippen molar-refractivity contribution in [3.63, 3.8) is 0 Å². The number of hydrogen-bond acceptors (Lipinski definition) is 4. The highest BCUT2D eigenvalue weighted by molar-refractivity contribution is 5.90. The topological polar surface area (TPSA) is 77.6 Å². The van der Waals surface area contributed by atoms with Gasteiger partial charge in [-0.15, -0.1) is 0 Å². The Morgan fingerprint density at radius 3 is 2.95 bits per heavy atom. The molecule has 0 fully saturated rings. The zero-order valence-electron chi connectivity index (χ0n) is 12.2. The number of aryl methyl sites for hydroxylation is 3. The van der Waals surface area contributed by atoms with Gasteiger partial charge in [-0.3, -0.25) is 14.2 Å². The maximum absolute atomic E-state index is 12.1. The van der Waals surface area contributed by atoms with E-state index in [1.807, 2.05) is 33.0 Å². The molecule has 7 nitrogen and oxygen atoms in total. The molecule has 0 bridgehead atoms. The summed E-state index contributed by atoms with van der Waals surface area (Å²) in [6.45, 7) is 3.99. The van der Waals surface area contributed by atoms with Crippen molar-refractivity contribution < 1.29 is 4.79 Å². The highest BCUT2D eigenvalue weighted by Gasteiger charge is 2.14. The summed E-state index contributed by atoms with van der Waals surface area (Å²) in [5.74, 6) is 0.382. The highest BCUT2D eigenvalue weighted by atomic mass is 16.2. The summed E-state index contributed by atoms with van der Waals surface area (Å²) >= 11 is 0. The van der Waals surface area contributed by atoms with Gasteiger partial charge in [0, 0.05) is 13.2 Å². The van der Waals surface area contributed by atoms with E-state index in [4.69, 9.17) is 0 Å². The molecule has 0 saturated heterocycles. The standard InChI is InChI=1S/C14H16N6O/c1-9-4-5-15-12(6-9)17-13(21)8-20-14-10(2)18-19(3)11(14)7-16-20/h4-7H,8H2,1-3H3,(H,15,17,21). The first-order valence-electron chi connectivity index (χ1n) is 6.62. The molecular weight excluding hydrogens is 268 g/mol. The minimum Gasteiger partial charge on any atom is -0.309 e. The molecule has 0 aliphatic heterocycles. The first kappa shape index (κ1) is 13.3. The Morgan fingerprint density at radius 1 is 1.38 bits per heavy atom. The summed E-state index contributed by atoms with van der Waals surface area (Å²) in [6.07, 6.45) is 3.38. The van der Waals surface area contributed by atoms with Crippen molar-refractivity contribution in [3.05, 3.63) is 35.8 Å². The number of aromatic nitrogens is 5. The van der Waals surface area contributed by atoms with Crippen molar-refractivity contribution in [2.45, 2.75) is 20.4 Å². The van der Waals surface area contributed by atoms with Gasteiger partial charge in [0.15, 0.2) is 0 Å². The Hall–Kier alpha value is -2.70. The van der Waals surface area contributed by atoms with Gasteiger partial charge in [-0.2, -0.15) is 10.2 Å². The molecule has 0 saturated carbocycles. The van der Waals surface area contributed by atoms with E-state index in [9.17, 15) is 4.79 Å². The van der Waals surface area contributed by atoms with Crippen molar-refractivity contribution in [1.29, 1.82) is 0 Å². The Labute approximate surface area is 121 Å². The summed E-state index contributed by atoms with van der Waals surface area (Å²) in [4.78, 5) is 16.2. The van der Waals surface area contributed by atoms with Crippen molar-refractivity contribution in [2.75, 3.05) is 5.32 Å². The fourth-order valence-electron chi connectivity index (χ4n) is 2.35. The van der Waals surface area contributed by atoms with Crippen LogP contribution in [-0.4, -0.2) is 30.5 Å². The molecule has 0 unspecified atom stereocenters. The largest absolute Gasteiger partial charge is 0.309 e. The third-order valence-electron chi connectivity index (χ3n) is 3.29. The van der Waals surface area contributed by atoms with Crippen molar-refractivity contribution in [3.8, 4) is 0 Å². The van der Waals surface area contributed by atoms with Crippen LogP contribution in [0.3, 0.4) is 0 Å². The van der Waals surface area contributed by atoms with Gasteiger partial charge < -0.3 is 5.32 Å². The van der Waals surface area contributed by atoms with Gasteiger partial charge in [-0.1, -0.05) is 0 Å². The first-order valence-corrected chi connectivity index (χ1v) is 6.62. The van der Waals surface area contributed by atoms with E-state index in [1.165, 1.54) is 0 Å². The Kier molecular flexibility index (Phi) is 3.17. The van der Waals surface area contributed by atoms with Crippen molar-refractivity contribution in [2.24, 2.45) is 7.05 Å². The first-order chi connectivity index (χ1) is 10.0. The van der Waals surface area contributed by atoms with E-state index < -0.39 is 0 Å². The highest BCUT2D eigenvalue weighted by Crippen LogP contribution is 2.16. The van der Waals surface area contributed by atoms with E-state index in [0.29, 0.717) is 5.82 Å². The fraction of sp³-hybridized carbons (Fsp3) is 0.286. The zero-order valence-corrected chi connectivity index (χ0v) is 12.2. The van der Waals surface area contributed by atoms with Crippen LogP contribution in [0.15, 0.2) is 24.5 Å². The fourth-order valence-corrected chi connectivity index (χ4v) is 2.35. The van der Waals surface area contributed by atoms with Crippen LogP contribution >= 0.6 is 0 Å². The second-order valence-electron chi connectivity index (χ2n) is 5.01. The van der Waals surface area contributed by atoms with Gasteiger partial charge in [-0.05, 0) is 31.5 Å². The number of amides is 1. The van der Waals surface area contributed by atoms with E-state index >= 15 is 0 Å². The number of fused-ring (bicyclic) bond motifs is 1. The molecule has 3 aromatic rings. The van der Waals surface area contributed by atoms with Crippen LogP contribution in [0.25, 0.3) is 11.0 Å². The second kappa shape index (κ2) is 5.01. The summed E-state index contributed by atoms with van der Waals surface area (Å²) in [5.41, 5.74) is 3.69. The van der Waals surface area contributed by atoms with Crippen LogP contribution in [0.2, 0.25) is 0 Å². The number of rotatable bonds is 3. The Morgan fingerprint density at radius 2 is 2.19 bits per heavy atom. The zero-order chi connectivity index (χ0) is 15.0. The molecule has 0 atom stereocenters. The number of carbonyl (C=O) groups is 1. The number of nitrogens with zero attached hydrogens (tertiary/aromatic N) is 5. The molecule has 0 spiro atoms. The molecule has 21 heavy (non-hydrogen) atoms. The average molecular weight is 284 g/mol. The van der Waals surface area contributed by atoms with E-state index in [2.05, 4.69) is 20.5 Å². The average Bonchev–Trinajstić information content (AvgIpc) is 2.93. The maximum Gasteiger partial charge on any atom is 0.247 e. The van der Waals surface area contributed by atoms with E-state index in [-0.39, 0.29) is 12.5 Å². The molecule has 0 aliphatic carbocycles. The Bertz CT molecular complexity index is 816. The molecule has 0 aliphatic rings. The minimum atomic E-state index is -0.165. The van der Waals surface area contributed by atoms with Crippen LogP contribution in [0.5, 0.6) is 0 Å². The summed E-state index contributed by atoms with van der Waals surface area (Å²) < 4.78 is 3.41. The van der Waals surface area contributed by atoms with Gasteiger partial charge in [0.05, 0.1) is 11.9 Å². The molecule has 7 heteroatoms. The molecule has 3 heterocycles. The monoisotopic (exact) mass is 284 g/mol. The lowest BCUT2D eigenvalue weighted by atomic mass is 10.3. The number of carbonyl (C=O) groups excluding carboxylic acids is 1. The van der Waals surface area contributed by atoms with Crippen molar-refractivity contribution >= 4 is 22.8 Å². The molecular formula is C14H16N6O. The summed E-state index contributed by atoms with van der Waals surface area (Å²) in [7, 11) is 1.86. The van der Waals surface area contributed by atoms with Gasteiger partial charge in [0.1, 0.15) is 23.4 Å². The molecule has 1 N–H and O–H groups in total. The number of anilines is 1. The molecule has 108 valence electrons. The summed E-state index contributed by atoms with van der Waals surface area (Å²) in [5, 5.41) is 11.4. The van der Waals surface area contributed by atoms with Crippen LogP contribution in [-0.2, 0) is 18.4 Å². The lowest BCUT2D eigenvalue weighted by Gasteiger charge is -2.05. The molecule has 3 aromatic heterocycles. The second-order valence-corrected chi connectivity index (χ2v) is 5.01. The summed E-state index contributed by atoms with van der Waals surface area (Å²) in [6, 6.07) is 3.71. The number of hydrogen-bond donors (Lipinski definition) is 1. The van der Waals surface area contributed by atoms with Gasteiger partial charge in [0.2, 0.25) is 5.91 Å². The molecule has 1 amide bonds. The van der Waals surface area contributed by atoms with Crippen LogP contribution < -0.4 is 5.32 Å². The third-order valence-corrected chi connectivity index (χ3v) is 3.29. The normalized spacial score (nSPS) is 11.0. The van der Waals surface area contributed by atoms with Crippen LogP contribution in [0.1, 0.15) is 11.3 Å². The van der Waals surface area contributed by atoms with Gasteiger partial charge in [0.25, 0.3) is 0 Å². The van der Waals surface area contributed by atoms with Crippen LogP contribution in [0.4, 0.5) is 5.82 Å².